The molecule has 0 bridgehead atoms. The van der Waals surface area contributed by atoms with E-state index in [1.165, 1.54) is 5.01 Å². The molecule has 0 spiro atoms. The summed E-state index contributed by atoms with van der Waals surface area (Å²) in [5.74, 6) is 1.16. The summed E-state index contributed by atoms with van der Waals surface area (Å²) in [5, 5.41) is 19.3. The number of likely N-dealkylation sites (N-methyl/N-ethyl adjacent to an activating group) is 1. The van der Waals surface area contributed by atoms with Crippen molar-refractivity contribution in [3.63, 3.8) is 0 Å². The molecular formula is C18H33N5O3. The van der Waals surface area contributed by atoms with Crippen LogP contribution in [0, 0.1) is 0 Å². The van der Waals surface area contributed by atoms with Crippen molar-refractivity contribution in [1.29, 1.82) is 0 Å². The highest BCUT2D eigenvalue weighted by atomic mass is 16.6. The second-order valence-corrected chi connectivity index (χ2v) is 6.19. The summed E-state index contributed by atoms with van der Waals surface area (Å²) in [6, 6.07) is 3.59. The first kappa shape index (κ1) is 22.0. The number of unbranched alkanes of at least 4 members (excludes halogenated alkanes) is 3. The Bertz CT molecular complexity index is 510. The van der Waals surface area contributed by atoms with Gasteiger partial charge in [-0.05, 0) is 39.3 Å². The third-order valence-corrected chi connectivity index (χ3v) is 3.81. The second-order valence-electron chi connectivity index (χ2n) is 6.19. The average molecular weight is 367 g/mol. The minimum absolute atomic E-state index is 0.321. The number of carbonyl (C=O) groups excluding carboxylic acids is 1. The number of rotatable bonds is 12. The van der Waals surface area contributed by atoms with Crippen molar-refractivity contribution in [2.45, 2.75) is 59.5 Å². The standard InChI is InChI=1S/C18H33N5O3/c1-5-8-9-10-13-23(18(25)26-7-3)21-16-11-12-17(20-19-16)22(6-2)14-15(4)24/h11-12,15,24H,5-10,13-14H2,1-4H3,(H,19,21). The van der Waals surface area contributed by atoms with E-state index >= 15 is 0 Å². The molecule has 1 aromatic heterocycles. The number of nitrogens with one attached hydrogen (secondary N) is 1. The zero-order valence-electron chi connectivity index (χ0n) is 16.4. The summed E-state index contributed by atoms with van der Waals surface area (Å²) in [5.41, 5.74) is 2.98. The van der Waals surface area contributed by atoms with Crippen molar-refractivity contribution in [3.8, 4) is 0 Å². The van der Waals surface area contributed by atoms with E-state index in [0.717, 1.165) is 32.2 Å². The maximum Gasteiger partial charge on any atom is 0.428 e. The molecule has 1 heterocycles. The van der Waals surface area contributed by atoms with Crippen LogP contribution in [0.5, 0.6) is 0 Å². The van der Waals surface area contributed by atoms with Crippen LogP contribution >= 0.6 is 0 Å². The number of amides is 1. The number of aliphatic hydroxyl groups excluding tert-OH is 1. The molecule has 1 aromatic rings. The molecule has 26 heavy (non-hydrogen) atoms. The number of anilines is 2. The summed E-state index contributed by atoms with van der Waals surface area (Å²) < 4.78 is 5.10. The lowest BCUT2D eigenvalue weighted by Gasteiger charge is -2.24. The highest BCUT2D eigenvalue weighted by Crippen LogP contribution is 2.13. The van der Waals surface area contributed by atoms with E-state index < -0.39 is 12.2 Å². The van der Waals surface area contributed by atoms with Crippen LogP contribution in [0.2, 0.25) is 0 Å². The van der Waals surface area contributed by atoms with Crippen molar-refractivity contribution in [2.75, 3.05) is 36.6 Å². The Balaban J connectivity index is 2.72. The number of hydrazine groups is 1. The molecule has 1 amide bonds. The number of hydrogen-bond acceptors (Lipinski definition) is 7. The molecular weight excluding hydrogens is 334 g/mol. The van der Waals surface area contributed by atoms with Gasteiger partial charge in [-0.2, -0.15) is 0 Å². The number of ether oxygens (including phenoxy) is 1. The van der Waals surface area contributed by atoms with Gasteiger partial charge in [0.25, 0.3) is 0 Å². The van der Waals surface area contributed by atoms with Crippen LogP contribution in [0.25, 0.3) is 0 Å². The quantitative estimate of drug-likeness (QED) is 0.433. The Morgan fingerprint density at radius 2 is 2.00 bits per heavy atom. The number of carbonyl (C=O) groups is 1. The van der Waals surface area contributed by atoms with Gasteiger partial charge in [-0.25, -0.2) is 9.80 Å². The summed E-state index contributed by atoms with van der Waals surface area (Å²) >= 11 is 0. The molecule has 0 fully saturated rings. The van der Waals surface area contributed by atoms with E-state index in [9.17, 15) is 9.90 Å². The van der Waals surface area contributed by atoms with Crippen LogP contribution in [0.1, 0.15) is 53.4 Å². The summed E-state index contributed by atoms with van der Waals surface area (Å²) in [6.45, 7) is 9.74. The van der Waals surface area contributed by atoms with Gasteiger partial charge in [-0.1, -0.05) is 26.2 Å². The van der Waals surface area contributed by atoms with E-state index in [4.69, 9.17) is 4.74 Å². The van der Waals surface area contributed by atoms with Gasteiger partial charge in [0.1, 0.15) is 0 Å². The highest BCUT2D eigenvalue weighted by molar-refractivity contribution is 5.69. The van der Waals surface area contributed by atoms with Crippen molar-refractivity contribution in [3.05, 3.63) is 12.1 Å². The SMILES string of the molecule is CCCCCCN(Nc1ccc(N(CC)CC(C)O)nn1)C(=O)OCC. The van der Waals surface area contributed by atoms with E-state index in [1.807, 2.05) is 17.9 Å². The van der Waals surface area contributed by atoms with Crippen LogP contribution in [0.3, 0.4) is 0 Å². The number of nitrogens with zero attached hydrogens (tertiary/aromatic N) is 4. The highest BCUT2D eigenvalue weighted by Gasteiger charge is 2.16. The molecule has 0 aromatic carbocycles. The van der Waals surface area contributed by atoms with Gasteiger partial charge in [-0.3, -0.25) is 5.43 Å². The first-order valence-electron chi connectivity index (χ1n) is 9.49. The number of hydrogen-bond donors (Lipinski definition) is 2. The Morgan fingerprint density at radius 1 is 1.23 bits per heavy atom. The summed E-state index contributed by atoms with van der Waals surface area (Å²) in [6.07, 6.45) is 3.37. The van der Waals surface area contributed by atoms with Crippen molar-refractivity contribution in [1.82, 2.24) is 15.2 Å². The van der Waals surface area contributed by atoms with Crippen LogP contribution in [-0.2, 0) is 4.74 Å². The van der Waals surface area contributed by atoms with Gasteiger partial charge < -0.3 is 14.7 Å². The molecule has 8 nitrogen and oxygen atoms in total. The van der Waals surface area contributed by atoms with Crippen LogP contribution < -0.4 is 10.3 Å². The Kier molecular flexibility index (Phi) is 10.4. The van der Waals surface area contributed by atoms with Gasteiger partial charge in [0.05, 0.1) is 12.7 Å². The van der Waals surface area contributed by atoms with Crippen LogP contribution in [0.4, 0.5) is 16.4 Å². The third kappa shape index (κ3) is 7.86. The fraction of sp³-hybridized carbons (Fsp3) is 0.722. The molecule has 0 aliphatic rings. The van der Waals surface area contributed by atoms with Crippen molar-refractivity contribution in [2.24, 2.45) is 0 Å². The zero-order chi connectivity index (χ0) is 19.4. The predicted octanol–water partition coefficient (Wildman–Crippen LogP) is 3.05. The first-order valence-corrected chi connectivity index (χ1v) is 9.49. The smallest absolute Gasteiger partial charge is 0.428 e. The fourth-order valence-electron chi connectivity index (χ4n) is 2.49. The van der Waals surface area contributed by atoms with E-state index in [2.05, 4.69) is 22.5 Å². The largest absolute Gasteiger partial charge is 0.448 e. The topological polar surface area (TPSA) is 90.8 Å². The molecule has 1 unspecified atom stereocenters. The molecule has 2 N–H and O–H groups in total. The predicted molar refractivity (Wildman–Crippen MR) is 103 cm³/mol. The summed E-state index contributed by atoms with van der Waals surface area (Å²) in [4.78, 5) is 14.1. The molecule has 0 saturated carbocycles. The molecule has 148 valence electrons. The average Bonchev–Trinajstić information content (AvgIpc) is 2.63. The van der Waals surface area contributed by atoms with Crippen molar-refractivity contribution < 1.29 is 14.6 Å². The molecule has 0 saturated heterocycles. The van der Waals surface area contributed by atoms with Crippen molar-refractivity contribution >= 4 is 17.7 Å². The second kappa shape index (κ2) is 12.3. The fourth-order valence-corrected chi connectivity index (χ4v) is 2.49. The lowest BCUT2D eigenvalue weighted by atomic mass is 10.2. The third-order valence-electron chi connectivity index (χ3n) is 3.81. The zero-order valence-corrected chi connectivity index (χ0v) is 16.4. The summed E-state index contributed by atoms with van der Waals surface area (Å²) in [7, 11) is 0. The Labute approximate surface area is 156 Å². The molecule has 8 heteroatoms. The van der Waals surface area contributed by atoms with Gasteiger partial charge in [0.2, 0.25) is 0 Å². The van der Waals surface area contributed by atoms with E-state index in [0.29, 0.717) is 31.3 Å². The lowest BCUT2D eigenvalue weighted by Crippen LogP contribution is -2.38. The lowest BCUT2D eigenvalue weighted by molar-refractivity contribution is 0.115. The van der Waals surface area contributed by atoms with E-state index in [1.54, 1.807) is 19.9 Å². The Hall–Kier alpha value is -2.09. The van der Waals surface area contributed by atoms with Gasteiger partial charge in [0.15, 0.2) is 11.6 Å². The molecule has 1 rings (SSSR count). The monoisotopic (exact) mass is 367 g/mol. The maximum atomic E-state index is 12.1. The first-order chi connectivity index (χ1) is 12.5. The van der Waals surface area contributed by atoms with Gasteiger partial charge in [-0.15, -0.1) is 10.2 Å². The normalized spacial score (nSPS) is 11.7. The van der Waals surface area contributed by atoms with Gasteiger partial charge >= 0.3 is 6.09 Å². The maximum absolute atomic E-state index is 12.1. The van der Waals surface area contributed by atoms with Crippen LogP contribution in [-0.4, -0.2) is 58.8 Å². The Morgan fingerprint density at radius 3 is 2.54 bits per heavy atom. The molecule has 0 radical (unpaired) electrons. The minimum atomic E-state index is -0.447. The molecule has 0 aliphatic carbocycles. The number of aromatic nitrogens is 2. The van der Waals surface area contributed by atoms with Gasteiger partial charge in [0, 0.05) is 19.6 Å². The molecule has 1 atom stereocenters. The van der Waals surface area contributed by atoms with Crippen LogP contribution in [0.15, 0.2) is 12.1 Å². The molecule has 0 aliphatic heterocycles. The number of aliphatic hydroxyl groups is 1. The minimum Gasteiger partial charge on any atom is -0.448 e. The van der Waals surface area contributed by atoms with E-state index in [-0.39, 0.29) is 0 Å².